The van der Waals surface area contributed by atoms with Gasteiger partial charge in [-0.15, -0.1) is 0 Å². The Labute approximate surface area is 159 Å². The van der Waals surface area contributed by atoms with Crippen LogP contribution in [0.5, 0.6) is 5.75 Å². The summed E-state index contributed by atoms with van der Waals surface area (Å²) in [4.78, 5) is 30.8. The van der Waals surface area contributed by atoms with Crippen LogP contribution in [0, 0.1) is 0 Å². The number of oxazole rings is 1. The van der Waals surface area contributed by atoms with E-state index in [4.69, 9.17) is 9.15 Å². The molecule has 0 radical (unpaired) electrons. The molecular weight excluding hydrogens is 366 g/mol. The predicted octanol–water partition coefficient (Wildman–Crippen LogP) is 2.46. The maximum absolute atomic E-state index is 12.9. The summed E-state index contributed by atoms with van der Waals surface area (Å²) in [6.45, 7) is 0.156. The van der Waals surface area contributed by atoms with Crippen LogP contribution >= 0.6 is 11.8 Å². The van der Waals surface area contributed by atoms with Gasteiger partial charge in [-0.2, -0.15) is 0 Å². The Morgan fingerprint density at radius 2 is 2.00 bits per heavy atom. The average Bonchev–Trinajstić information content (AvgIpc) is 3.13. The molecule has 2 heterocycles. The van der Waals surface area contributed by atoms with Gasteiger partial charge in [0, 0.05) is 7.05 Å². The van der Waals surface area contributed by atoms with Gasteiger partial charge in [-0.3, -0.25) is 9.59 Å². The van der Waals surface area contributed by atoms with Crippen molar-refractivity contribution in [3.8, 4) is 5.75 Å². The summed E-state index contributed by atoms with van der Waals surface area (Å²) in [5, 5.41) is 3.00. The van der Waals surface area contributed by atoms with Crippen LogP contribution in [-0.2, 0) is 9.59 Å². The number of thioether (sulfide) groups is 1. The standard InChI is InChI=1S/C19H17N3O4S/c1-20-18(24)16-10-22(13-7-3-5-9-15(13)25-16)17(23)11-27-19-21-12-6-2-4-8-14(12)26-19/h2-9,16H,10-11H2,1H3,(H,20,24)/t16-/m1/s1. The summed E-state index contributed by atoms with van der Waals surface area (Å²) in [7, 11) is 1.54. The fourth-order valence-corrected chi connectivity index (χ4v) is 3.60. The summed E-state index contributed by atoms with van der Waals surface area (Å²) < 4.78 is 11.4. The molecule has 8 heteroatoms. The van der Waals surface area contributed by atoms with Crippen LogP contribution in [0.2, 0.25) is 0 Å². The predicted molar refractivity (Wildman–Crippen MR) is 102 cm³/mol. The maximum atomic E-state index is 12.9. The molecule has 0 aliphatic carbocycles. The van der Waals surface area contributed by atoms with Gasteiger partial charge < -0.3 is 19.4 Å². The van der Waals surface area contributed by atoms with E-state index < -0.39 is 6.10 Å². The van der Waals surface area contributed by atoms with Crippen molar-refractivity contribution in [2.24, 2.45) is 0 Å². The van der Waals surface area contributed by atoms with Crippen molar-refractivity contribution in [2.75, 3.05) is 24.2 Å². The number of rotatable bonds is 4. The minimum absolute atomic E-state index is 0.140. The molecule has 0 saturated carbocycles. The van der Waals surface area contributed by atoms with Gasteiger partial charge in [0.1, 0.15) is 11.3 Å². The molecule has 0 unspecified atom stereocenters. The minimum atomic E-state index is -0.747. The molecule has 1 aliphatic heterocycles. The molecule has 0 fully saturated rings. The van der Waals surface area contributed by atoms with E-state index in [0.717, 1.165) is 5.52 Å². The van der Waals surface area contributed by atoms with Crippen molar-refractivity contribution >= 4 is 40.4 Å². The van der Waals surface area contributed by atoms with E-state index in [1.807, 2.05) is 30.3 Å². The number of fused-ring (bicyclic) bond motifs is 2. The van der Waals surface area contributed by atoms with Crippen LogP contribution in [0.4, 0.5) is 5.69 Å². The van der Waals surface area contributed by atoms with E-state index in [-0.39, 0.29) is 24.1 Å². The molecule has 27 heavy (non-hydrogen) atoms. The minimum Gasteiger partial charge on any atom is -0.477 e. The lowest BCUT2D eigenvalue weighted by Gasteiger charge is -2.33. The zero-order valence-electron chi connectivity index (χ0n) is 14.5. The summed E-state index contributed by atoms with van der Waals surface area (Å²) in [6.07, 6.45) is -0.747. The number of nitrogens with one attached hydrogen (secondary N) is 1. The van der Waals surface area contributed by atoms with Crippen molar-refractivity contribution in [1.82, 2.24) is 10.3 Å². The smallest absolute Gasteiger partial charge is 0.262 e. The molecule has 2 amide bonds. The highest BCUT2D eigenvalue weighted by molar-refractivity contribution is 7.99. The van der Waals surface area contributed by atoms with E-state index in [9.17, 15) is 9.59 Å². The fourth-order valence-electron chi connectivity index (χ4n) is 2.88. The van der Waals surface area contributed by atoms with Gasteiger partial charge in [0.05, 0.1) is 18.0 Å². The highest BCUT2D eigenvalue weighted by Crippen LogP contribution is 2.34. The number of hydrogen-bond donors (Lipinski definition) is 1. The lowest BCUT2D eigenvalue weighted by Crippen LogP contribution is -2.50. The van der Waals surface area contributed by atoms with E-state index >= 15 is 0 Å². The van der Waals surface area contributed by atoms with Crippen LogP contribution in [0.15, 0.2) is 58.2 Å². The molecule has 2 aromatic carbocycles. The lowest BCUT2D eigenvalue weighted by molar-refractivity contribution is -0.127. The number of aromatic nitrogens is 1. The molecule has 3 aromatic rings. The Kier molecular flexibility index (Phi) is 4.72. The maximum Gasteiger partial charge on any atom is 0.262 e. The largest absolute Gasteiger partial charge is 0.477 e. The molecule has 0 spiro atoms. The number of benzene rings is 2. The van der Waals surface area contributed by atoms with Crippen molar-refractivity contribution in [1.29, 1.82) is 0 Å². The van der Waals surface area contributed by atoms with Gasteiger partial charge in [0.15, 0.2) is 11.7 Å². The SMILES string of the molecule is CNC(=O)[C@H]1CN(C(=O)CSc2nc3ccccc3o2)c2ccccc2O1. The Balaban J connectivity index is 1.52. The van der Waals surface area contributed by atoms with E-state index in [1.54, 1.807) is 30.1 Å². The third kappa shape index (κ3) is 3.48. The summed E-state index contributed by atoms with van der Waals surface area (Å²) in [6, 6.07) is 14.6. The Morgan fingerprint density at radius 1 is 1.22 bits per heavy atom. The number of carbonyl (C=O) groups is 2. The van der Waals surface area contributed by atoms with Crippen LogP contribution in [-0.4, -0.2) is 42.2 Å². The normalized spacial score (nSPS) is 15.9. The topological polar surface area (TPSA) is 84.7 Å². The van der Waals surface area contributed by atoms with Crippen molar-refractivity contribution in [3.05, 3.63) is 48.5 Å². The summed E-state index contributed by atoms with van der Waals surface area (Å²) in [5.41, 5.74) is 2.09. The molecule has 138 valence electrons. The van der Waals surface area contributed by atoms with Gasteiger partial charge in [0.25, 0.3) is 11.1 Å². The second kappa shape index (κ2) is 7.32. The van der Waals surface area contributed by atoms with Crippen molar-refractivity contribution in [3.63, 3.8) is 0 Å². The number of hydrogen-bond acceptors (Lipinski definition) is 6. The first-order valence-corrected chi connectivity index (χ1v) is 9.40. The highest BCUT2D eigenvalue weighted by atomic mass is 32.2. The zero-order valence-corrected chi connectivity index (χ0v) is 15.4. The molecule has 0 saturated heterocycles. The second-order valence-electron chi connectivity index (χ2n) is 5.93. The third-order valence-electron chi connectivity index (χ3n) is 4.21. The third-order valence-corrected chi connectivity index (χ3v) is 5.02. The first kappa shape index (κ1) is 17.4. The Morgan fingerprint density at radius 3 is 2.81 bits per heavy atom. The van der Waals surface area contributed by atoms with Crippen LogP contribution in [0.3, 0.4) is 0 Å². The number of nitrogens with zero attached hydrogens (tertiary/aromatic N) is 2. The average molecular weight is 383 g/mol. The number of carbonyl (C=O) groups excluding carboxylic acids is 2. The molecule has 1 aliphatic rings. The molecule has 7 nitrogen and oxygen atoms in total. The second-order valence-corrected chi connectivity index (χ2v) is 6.86. The molecule has 0 bridgehead atoms. The number of anilines is 1. The number of para-hydroxylation sites is 4. The summed E-state index contributed by atoms with van der Waals surface area (Å²) in [5.74, 6) is 0.236. The van der Waals surface area contributed by atoms with Crippen molar-refractivity contribution < 1.29 is 18.7 Å². The van der Waals surface area contributed by atoms with Gasteiger partial charge >= 0.3 is 0 Å². The van der Waals surface area contributed by atoms with Gasteiger partial charge in [-0.05, 0) is 24.3 Å². The van der Waals surface area contributed by atoms with E-state index in [2.05, 4.69) is 10.3 Å². The van der Waals surface area contributed by atoms with E-state index in [1.165, 1.54) is 11.8 Å². The molecule has 1 aromatic heterocycles. The fraction of sp³-hybridized carbons (Fsp3) is 0.211. The van der Waals surface area contributed by atoms with Gasteiger partial charge in [-0.25, -0.2) is 4.98 Å². The first-order valence-electron chi connectivity index (χ1n) is 8.41. The quantitative estimate of drug-likeness (QED) is 0.697. The monoisotopic (exact) mass is 383 g/mol. The first-order chi connectivity index (χ1) is 13.2. The van der Waals surface area contributed by atoms with Crippen LogP contribution < -0.4 is 15.0 Å². The Hall–Kier alpha value is -3.00. The van der Waals surface area contributed by atoms with Crippen LogP contribution in [0.1, 0.15) is 0 Å². The Bertz CT molecular complexity index is 970. The van der Waals surface area contributed by atoms with Crippen LogP contribution in [0.25, 0.3) is 11.1 Å². The van der Waals surface area contributed by atoms with E-state index in [0.29, 0.717) is 22.2 Å². The molecular formula is C19H17N3O4S. The number of ether oxygens (including phenoxy) is 1. The molecule has 1 atom stereocenters. The zero-order chi connectivity index (χ0) is 18.8. The summed E-state index contributed by atoms with van der Waals surface area (Å²) >= 11 is 1.23. The van der Waals surface area contributed by atoms with Gasteiger partial charge in [0.2, 0.25) is 5.91 Å². The lowest BCUT2D eigenvalue weighted by atomic mass is 10.2. The van der Waals surface area contributed by atoms with Crippen molar-refractivity contribution in [2.45, 2.75) is 11.3 Å². The molecule has 1 N–H and O–H groups in total. The number of amides is 2. The number of likely N-dealkylation sites (N-methyl/N-ethyl adjacent to an activating group) is 1. The van der Waals surface area contributed by atoms with Gasteiger partial charge in [-0.1, -0.05) is 36.0 Å². The molecule has 4 rings (SSSR count). The highest BCUT2D eigenvalue weighted by Gasteiger charge is 2.33.